The van der Waals surface area contributed by atoms with E-state index in [2.05, 4.69) is 49.0 Å². The number of nitrogens with zero attached hydrogens (tertiary/aromatic N) is 1. The molecule has 0 aromatic heterocycles. The molecule has 0 spiro atoms. The Labute approximate surface area is 119 Å². The molecule has 0 atom stereocenters. The van der Waals surface area contributed by atoms with Gasteiger partial charge in [-0.15, -0.1) is 0 Å². The first-order valence-corrected chi connectivity index (χ1v) is 6.86. The summed E-state index contributed by atoms with van der Waals surface area (Å²) in [6.45, 7) is 5.02. The van der Waals surface area contributed by atoms with Gasteiger partial charge in [-0.1, -0.05) is 55.1 Å². The van der Waals surface area contributed by atoms with E-state index in [-0.39, 0.29) is 5.91 Å². The number of hydrogen-bond donors (Lipinski definition) is 0. The second-order valence-electron chi connectivity index (χ2n) is 5.06. The van der Waals surface area contributed by atoms with Crippen molar-refractivity contribution >= 4 is 5.91 Å². The quantitative estimate of drug-likeness (QED) is 0.760. The number of fused-ring (bicyclic) bond motifs is 1. The Kier molecular flexibility index (Phi) is 3.38. The standard InChI is InChI=1S/C18H17NO/c1-2-18(20)19-11-10-16-12-15(8-9-17(16)13-19)14-6-4-3-5-7-14/h2-9,12H,1,10-11,13H2. The van der Waals surface area contributed by atoms with E-state index in [1.807, 2.05) is 11.0 Å². The average molecular weight is 263 g/mol. The molecule has 2 aromatic carbocycles. The van der Waals surface area contributed by atoms with Gasteiger partial charge in [0.2, 0.25) is 5.91 Å². The summed E-state index contributed by atoms with van der Waals surface area (Å²) < 4.78 is 0. The van der Waals surface area contributed by atoms with Gasteiger partial charge < -0.3 is 4.90 Å². The molecule has 1 aliphatic heterocycles. The third-order valence-electron chi connectivity index (χ3n) is 3.81. The molecule has 2 aromatic rings. The van der Waals surface area contributed by atoms with Crippen LogP contribution in [0.25, 0.3) is 11.1 Å². The second kappa shape index (κ2) is 5.33. The summed E-state index contributed by atoms with van der Waals surface area (Å²) >= 11 is 0. The summed E-state index contributed by atoms with van der Waals surface area (Å²) in [6.07, 6.45) is 2.30. The molecule has 0 N–H and O–H groups in total. The van der Waals surface area contributed by atoms with E-state index in [0.29, 0.717) is 6.54 Å². The van der Waals surface area contributed by atoms with E-state index in [1.54, 1.807) is 0 Å². The smallest absolute Gasteiger partial charge is 0.246 e. The third kappa shape index (κ3) is 2.37. The summed E-state index contributed by atoms with van der Waals surface area (Å²) in [6, 6.07) is 16.9. The van der Waals surface area contributed by atoms with Crippen molar-refractivity contribution in [1.82, 2.24) is 4.90 Å². The van der Waals surface area contributed by atoms with Crippen LogP contribution in [0.3, 0.4) is 0 Å². The van der Waals surface area contributed by atoms with E-state index in [9.17, 15) is 4.79 Å². The van der Waals surface area contributed by atoms with E-state index < -0.39 is 0 Å². The molecule has 1 aliphatic rings. The molecular formula is C18H17NO. The highest BCUT2D eigenvalue weighted by Gasteiger charge is 2.19. The number of hydrogen-bond acceptors (Lipinski definition) is 1. The van der Waals surface area contributed by atoms with Gasteiger partial charge >= 0.3 is 0 Å². The first-order valence-electron chi connectivity index (χ1n) is 6.86. The van der Waals surface area contributed by atoms with Gasteiger partial charge in [-0.25, -0.2) is 0 Å². The number of amides is 1. The Bertz CT molecular complexity index is 646. The van der Waals surface area contributed by atoms with Crippen molar-refractivity contribution in [1.29, 1.82) is 0 Å². The van der Waals surface area contributed by atoms with Crippen molar-refractivity contribution in [3.8, 4) is 11.1 Å². The summed E-state index contributed by atoms with van der Waals surface area (Å²) in [4.78, 5) is 13.5. The first-order chi connectivity index (χ1) is 9.78. The maximum absolute atomic E-state index is 11.7. The zero-order chi connectivity index (χ0) is 13.9. The minimum absolute atomic E-state index is 0.0165. The van der Waals surface area contributed by atoms with Gasteiger partial charge in [0.1, 0.15) is 0 Å². The van der Waals surface area contributed by atoms with Crippen molar-refractivity contribution in [2.75, 3.05) is 6.54 Å². The fourth-order valence-corrected chi connectivity index (χ4v) is 2.68. The Morgan fingerprint density at radius 2 is 1.85 bits per heavy atom. The normalized spacial score (nSPS) is 13.7. The van der Waals surface area contributed by atoms with Gasteiger partial charge in [-0.2, -0.15) is 0 Å². The molecule has 0 aliphatic carbocycles. The minimum atomic E-state index is 0.0165. The summed E-state index contributed by atoms with van der Waals surface area (Å²) in [7, 11) is 0. The number of rotatable bonds is 2. The summed E-state index contributed by atoms with van der Waals surface area (Å²) in [5.74, 6) is 0.0165. The molecule has 0 bridgehead atoms. The summed E-state index contributed by atoms with van der Waals surface area (Å²) in [5, 5.41) is 0. The van der Waals surface area contributed by atoms with Crippen molar-refractivity contribution < 1.29 is 4.79 Å². The Morgan fingerprint density at radius 1 is 1.05 bits per heavy atom. The Hall–Kier alpha value is -2.35. The van der Waals surface area contributed by atoms with Gasteiger partial charge in [-0.05, 0) is 34.8 Å². The first kappa shape index (κ1) is 12.7. The molecule has 0 saturated carbocycles. The fraction of sp³-hybridized carbons (Fsp3) is 0.167. The molecule has 1 amide bonds. The SMILES string of the molecule is C=CC(=O)N1CCc2cc(-c3ccccc3)ccc2C1. The predicted octanol–water partition coefficient (Wildman–Crippen LogP) is 3.42. The maximum atomic E-state index is 11.7. The third-order valence-corrected chi connectivity index (χ3v) is 3.81. The van der Waals surface area contributed by atoms with E-state index in [4.69, 9.17) is 0 Å². The molecule has 0 saturated heterocycles. The molecular weight excluding hydrogens is 246 g/mol. The molecule has 0 unspecified atom stereocenters. The average Bonchev–Trinajstić information content (AvgIpc) is 2.54. The second-order valence-corrected chi connectivity index (χ2v) is 5.06. The number of carbonyl (C=O) groups is 1. The lowest BCUT2D eigenvalue weighted by Crippen LogP contribution is -2.34. The van der Waals surface area contributed by atoms with Crippen LogP contribution in [0.1, 0.15) is 11.1 Å². The van der Waals surface area contributed by atoms with Crippen molar-refractivity contribution in [2.45, 2.75) is 13.0 Å². The van der Waals surface area contributed by atoms with Crippen LogP contribution in [0.15, 0.2) is 61.2 Å². The van der Waals surface area contributed by atoms with Crippen LogP contribution in [0.2, 0.25) is 0 Å². The van der Waals surface area contributed by atoms with Crippen LogP contribution in [0, 0.1) is 0 Å². The molecule has 2 heteroatoms. The predicted molar refractivity (Wildman–Crippen MR) is 81.2 cm³/mol. The monoisotopic (exact) mass is 263 g/mol. The zero-order valence-electron chi connectivity index (χ0n) is 11.4. The maximum Gasteiger partial charge on any atom is 0.246 e. The highest BCUT2D eigenvalue weighted by Crippen LogP contribution is 2.26. The van der Waals surface area contributed by atoms with E-state index >= 15 is 0 Å². The largest absolute Gasteiger partial charge is 0.335 e. The van der Waals surface area contributed by atoms with Gasteiger partial charge in [-0.3, -0.25) is 4.79 Å². The molecule has 0 radical (unpaired) electrons. The summed E-state index contributed by atoms with van der Waals surface area (Å²) in [5.41, 5.74) is 5.07. The molecule has 1 heterocycles. The molecule has 2 nitrogen and oxygen atoms in total. The topological polar surface area (TPSA) is 20.3 Å². The van der Waals surface area contributed by atoms with Crippen LogP contribution >= 0.6 is 0 Å². The van der Waals surface area contributed by atoms with Crippen LogP contribution in [0.5, 0.6) is 0 Å². The van der Waals surface area contributed by atoms with Crippen molar-refractivity contribution in [3.63, 3.8) is 0 Å². The van der Waals surface area contributed by atoms with E-state index in [1.165, 1.54) is 28.3 Å². The lowest BCUT2D eigenvalue weighted by molar-refractivity contribution is -0.126. The number of benzene rings is 2. The number of carbonyl (C=O) groups excluding carboxylic acids is 1. The van der Waals surface area contributed by atoms with Crippen molar-refractivity contribution in [2.24, 2.45) is 0 Å². The molecule has 0 fully saturated rings. The lowest BCUT2D eigenvalue weighted by Gasteiger charge is -2.28. The van der Waals surface area contributed by atoms with Crippen LogP contribution in [-0.4, -0.2) is 17.4 Å². The molecule has 100 valence electrons. The molecule has 3 rings (SSSR count). The highest BCUT2D eigenvalue weighted by molar-refractivity contribution is 5.87. The van der Waals surface area contributed by atoms with Crippen LogP contribution < -0.4 is 0 Å². The van der Waals surface area contributed by atoms with Crippen LogP contribution in [0.4, 0.5) is 0 Å². The van der Waals surface area contributed by atoms with Gasteiger partial charge in [0.05, 0.1) is 0 Å². The Morgan fingerprint density at radius 3 is 2.60 bits per heavy atom. The lowest BCUT2D eigenvalue weighted by atomic mass is 9.94. The highest BCUT2D eigenvalue weighted by atomic mass is 16.2. The zero-order valence-corrected chi connectivity index (χ0v) is 11.4. The van der Waals surface area contributed by atoms with Gasteiger partial charge in [0, 0.05) is 13.1 Å². The Balaban J connectivity index is 1.89. The molecule has 20 heavy (non-hydrogen) atoms. The minimum Gasteiger partial charge on any atom is -0.335 e. The van der Waals surface area contributed by atoms with Crippen LogP contribution in [-0.2, 0) is 17.8 Å². The van der Waals surface area contributed by atoms with Crippen molar-refractivity contribution in [3.05, 3.63) is 72.3 Å². The van der Waals surface area contributed by atoms with Gasteiger partial charge in [0.15, 0.2) is 0 Å². The van der Waals surface area contributed by atoms with Gasteiger partial charge in [0.25, 0.3) is 0 Å². The van der Waals surface area contributed by atoms with E-state index in [0.717, 1.165) is 13.0 Å². The fourth-order valence-electron chi connectivity index (χ4n) is 2.68.